The van der Waals surface area contributed by atoms with Crippen LogP contribution in [0.2, 0.25) is 5.02 Å². The van der Waals surface area contributed by atoms with Crippen LogP contribution in [0.1, 0.15) is 29.0 Å². The average molecular weight is 336 g/mol. The van der Waals surface area contributed by atoms with Gasteiger partial charge in [-0.2, -0.15) is 5.10 Å². The molecule has 1 N–H and O–H groups in total. The van der Waals surface area contributed by atoms with E-state index in [1.807, 2.05) is 19.1 Å². The van der Waals surface area contributed by atoms with Gasteiger partial charge in [0, 0.05) is 18.2 Å². The first-order valence-corrected chi connectivity index (χ1v) is 7.52. The monoisotopic (exact) mass is 335 g/mol. The third-order valence-corrected chi connectivity index (χ3v) is 3.54. The summed E-state index contributed by atoms with van der Waals surface area (Å²) in [6.07, 6.45) is 0. The molecule has 7 heteroatoms. The average Bonchev–Trinajstić information content (AvgIpc) is 2.54. The van der Waals surface area contributed by atoms with E-state index in [2.05, 4.69) is 10.4 Å². The molecule has 1 atom stereocenters. The second-order valence-electron chi connectivity index (χ2n) is 5.02. The number of hydrogen-bond acceptors (Lipinski definition) is 4. The van der Waals surface area contributed by atoms with Gasteiger partial charge >= 0.3 is 0 Å². The van der Waals surface area contributed by atoms with Crippen molar-refractivity contribution in [3.05, 3.63) is 63.0 Å². The van der Waals surface area contributed by atoms with Gasteiger partial charge < -0.3 is 10.1 Å². The fourth-order valence-corrected chi connectivity index (χ4v) is 2.24. The number of halogens is 1. The van der Waals surface area contributed by atoms with E-state index in [1.54, 1.807) is 12.1 Å². The first-order chi connectivity index (χ1) is 11.0. The lowest BCUT2D eigenvalue weighted by molar-refractivity contribution is 0.0931. The summed E-state index contributed by atoms with van der Waals surface area (Å²) < 4.78 is 6.13. The maximum atomic E-state index is 12.3. The van der Waals surface area contributed by atoms with Gasteiger partial charge in [0.05, 0.1) is 19.2 Å². The van der Waals surface area contributed by atoms with Crippen molar-refractivity contribution in [1.82, 2.24) is 15.1 Å². The van der Waals surface area contributed by atoms with E-state index < -0.39 is 0 Å². The molecule has 23 heavy (non-hydrogen) atoms. The highest BCUT2D eigenvalue weighted by atomic mass is 35.5. The van der Waals surface area contributed by atoms with Gasteiger partial charge in [0.1, 0.15) is 5.69 Å². The Bertz CT molecular complexity index is 745. The zero-order valence-corrected chi connectivity index (χ0v) is 13.7. The van der Waals surface area contributed by atoms with Crippen LogP contribution < -0.4 is 10.9 Å². The summed E-state index contributed by atoms with van der Waals surface area (Å²) in [5, 5.41) is 7.50. The van der Waals surface area contributed by atoms with E-state index in [9.17, 15) is 9.59 Å². The first kappa shape index (κ1) is 17.2. The highest BCUT2D eigenvalue weighted by Crippen LogP contribution is 2.17. The maximum Gasteiger partial charge on any atom is 0.272 e. The van der Waals surface area contributed by atoms with E-state index in [-0.39, 0.29) is 23.2 Å². The Labute approximate surface area is 139 Å². The van der Waals surface area contributed by atoms with Crippen LogP contribution in [0.4, 0.5) is 0 Å². The zero-order valence-electron chi connectivity index (χ0n) is 13.0. The quantitative estimate of drug-likeness (QED) is 0.876. The van der Waals surface area contributed by atoms with Crippen molar-refractivity contribution in [2.75, 3.05) is 13.7 Å². The predicted molar refractivity (Wildman–Crippen MR) is 87.7 cm³/mol. The fourth-order valence-electron chi connectivity index (χ4n) is 2.04. The Morgan fingerprint density at radius 2 is 2.17 bits per heavy atom. The highest BCUT2D eigenvalue weighted by molar-refractivity contribution is 6.30. The van der Waals surface area contributed by atoms with Crippen molar-refractivity contribution in [1.29, 1.82) is 0 Å². The second-order valence-corrected chi connectivity index (χ2v) is 5.46. The van der Waals surface area contributed by atoms with Gasteiger partial charge in [-0.15, -0.1) is 0 Å². The van der Waals surface area contributed by atoms with E-state index >= 15 is 0 Å². The molecule has 0 spiro atoms. The molecular formula is C16H18ClN3O3. The first-order valence-electron chi connectivity index (χ1n) is 7.14. The van der Waals surface area contributed by atoms with Crippen molar-refractivity contribution < 1.29 is 9.53 Å². The number of nitrogens with zero attached hydrogens (tertiary/aromatic N) is 2. The molecule has 1 heterocycles. The second kappa shape index (κ2) is 7.89. The molecule has 0 unspecified atom stereocenters. The van der Waals surface area contributed by atoms with Crippen LogP contribution in [-0.4, -0.2) is 29.4 Å². The van der Waals surface area contributed by atoms with Crippen LogP contribution in [0.5, 0.6) is 0 Å². The molecular weight excluding hydrogens is 318 g/mol. The minimum atomic E-state index is -0.358. The number of carbonyl (C=O) groups excluding carboxylic acids is 1. The Balaban J connectivity index is 2.12. The molecule has 0 saturated carbocycles. The molecule has 6 nitrogen and oxygen atoms in total. The van der Waals surface area contributed by atoms with Crippen LogP contribution >= 0.6 is 11.6 Å². The van der Waals surface area contributed by atoms with Crippen LogP contribution in [0.25, 0.3) is 0 Å². The van der Waals surface area contributed by atoms with Crippen LogP contribution in [0, 0.1) is 0 Å². The lowest BCUT2D eigenvalue weighted by Crippen LogP contribution is -2.31. The number of ether oxygens (including phenoxy) is 1. The van der Waals surface area contributed by atoms with Gasteiger partial charge in [0.2, 0.25) is 0 Å². The van der Waals surface area contributed by atoms with Crippen molar-refractivity contribution in [3.63, 3.8) is 0 Å². The normalized spacial score (nSPS) is 12.0. The summed E-state index contributed by atoms with van der Waals surface area (Å²) in [5.41, 5.74) is 0.787. The van der Waals surface area contributed by atoms with Crippen molar-refractivity contribution >= 4 is 17.5 Å². The molecule has 0 aliphatic carbocycles. The van der Waals surface area contributed by atoms with E-state index in [0.717, 1.165) is 5.56 Å². The molecule has 0 aliphatic rings. The molecule has 0 saturated heterocycles. The molecule has 1 amide bonds. The summed E-state index contributed by atoms with van der Waals surface area (Å²) in [5.74, 6) is -0.358. The van der Waals surface area contributed by atoms with Crippen molar-refractivity contribution in [3.8, 4) is 0 Å². The van der Waals surface area contributed by atoms with Crippen LogP contribution in [0.15, 0.2) is 41.2 Å². The minimum absolute atomic E-state index is 0.176. The van der Waals surface area contributed by atoms with E-state index in [4.69, 9.17) is 16.3 Å². The highest BCUT2D eigenvalue weighted by Gasteiger charge is 2.14. The Kier molecular flexibility index (Phi) is 5.90. The lowest BCUT2D eigenvalue weighted by atomic mass is 10.1. The Morgan fingerprint density at radius 1 is 1.39 bits per heavy atom. The predicted octanol–water partition coefficient (Wildman–Crippen LogP) is 2.03. The summed E-state index contributed by atoms with van der Waals surface area (Å²) >= 11 is 5.95. The standard InChI is InChI=1S/C16H18ClN3O3/c1-11(12-4-3-5-13(17)10-12)18-16(22)14-6-7-15(21)20(19-14)8-9-23-2/h3-7,10-11H,8-9H2,1-2H3,(H,18,22)/t11-/m0/s1. The number of amides is 1. The van der Waals surface area contributed by atoms with Gasteiger partial charge in [-0.3, -0.25) is 9.59 Å². The smallest absolute Gasteiger partial charge is 0.272 e. The van der Waals surface area contributed by atoms with Gasteiger partial charge in [-0.05, 0) is 30.7 Å². The number of carbonyl (C=O) groups is 1. The molecule has 1 aromatic heterocycles. The Hall–Kier alpha value is -2.18. The Morgan fingerprint density at radius 3 is 2.87 bits per heavy atom. The largest absolute Gasteiger partial charge is 0.383 e. The number of benzene rings is 1. The van der Waals surface area contributed by atoms with Gasteiger partial charge in [0.25, 0.3) is 11.5 Å². The van der Waals surface area contributed by atoms with Crippen LogP contribution in [-0.2, 0) is 11.3 Å². The van der Waals surface area contributed by atoms with Crippen molar-refractivity contribution in [2.24, 2.45) is 0 Å². The van der Waals surface area contributed by atoms with Gasteiger partial charge in [-0.25, -0.2) is 4.68 Å². The molecule has 0 bridgehead atoms. The third kappa shape index (κ3) is 4.64. The molecule has 0 aliphatic heterocycles. The fraction of sp³-hybridized carbons (Fsp3) is 0.312. The SMILES string of the molecule is COCCn1nc(C(=O)N[C@@H](C)c2cccc(Cl)c2)ccc1=O. The molecule has 1 aromatic carbocycles. The summed E-state index contributed by atoms with van der Waals surface area (Å²) in [6.45, 7) is 2.49. The lowest BCUT2D eigenvalue weighted by Gasteiger charge is -2.14. The minimum Gasteiger partial charge on any atom is -0.383 e. The third-order valence-electron chi connectivity index (χ3n) is 3.30. The number of nitrogens with one attached hydrogen (secondary N) is 1. The van der Waals surface area contributed by atoms with Crippen molar-refractivity contribution in [2.45, 2.75) is 19.5 Å². The number of methoxy groups -OCH3 is 1. The zero-order chi connectivity index (χ0) is 16.8. The topological polar surface area (TPSA) is 73.2 Å². The van der Waals surface area contributed by atoms with Gasteiger partial charge in [0.15, 0.2) is 0 Å². The van der Waals surface area contributed by atoms with E-state index in [0.29, 0.717) is 18.2 Å². The molecule has 2 aromatic rings. The molecule has 2 rings (SSSR count). The number of aromatic nitrogens is 2. The molecule has 122 valence electrons. The van der Waals surface area contributed by atoms with Crippen LogP contribution in [0.3, 0.4) is 0 Å². The molecule has 0 fully saturated rings. The summed E-state index contributed by atoms with van der Waals surface area (Å²) in [6, 6.07) is 9.76. The maximum absolute atomic E-state index is 12.3. The summed E-state index contributed by atoms with van der Waals surface area (Å²) in [7, 11) is 1.54. The molecule has 0 radical (unpaired) electrons. The summed E-state index contributed by atoms with van der Waals surface area (Å²) in [4.78, 5) is 24.0. The number of hydrogen-bond donors (Lipinski definition) is 1. The van der Waals surface area contributed by atoms with E-state index in [1.165, 1.54) is 23.9 Å². The number of rotatable bonds is 6. The van der Waals surface area contributed by atoms with Gasteiger partial charge in [-0.1, -0.05) is 23.7 Å².